The van der Waals surface area contributed by atoms with Crippen LogP contribution in [0.2, 0.25) is 0 Å². The lowest BCUT2D eigenvalue weighted by Gasteiger charge is -2.17. The first-order valence-electron chi connectivity index (χ1n) is 7.71. The van der Waals surface area contributed by atoms with E-state index >= 15 is 0 Å². The lowest BCUT2D eigenvalue weighted by atomic mass is 10.1. The molecule has 0 aliphatic rings. The lowest BCUT2D eigenvalue weighted by molar-refractivity contribution is 0.0785. The Labute approximate surface area is 159 Å². The number of hydrogen-bond donors (Lipinski definition) is 0. The summed E-state index contributed by atoms with van der Waals surface area (Å²) in [4.78, 5) is 18.4. The lowest BCUT2D eigenvalue weighted by Crippen LogP contribution is -2.26. The third-order valence-electron chi connectivity index (χ3n) is 3.65. The number of amides is 1. The first kappa shape index (κ1) is 17.6. The number of ether oxygens (including phenoxy) is 1. The molecule has 0 unspecified atom stereocenters. The summed E-state index contributed by atoms with van der Waals surface area (Å²) in [7, 11) is 1.80. The fraction of sp³-hybridized carbons (Fsp3) is 0.158. The van der Waals surface area contributed by atoms with Gasteiger partial charge in [0.15, 0.2) is 0 Å². The first-order valence-corrected chi connectivity index (χ1v) is 9.45. The summed E-state index contributed by atoms with van der Waals surface area (Å²) in [5.74, 6) is 0.703. The van der Waals surface area contributed by atoms with Crippen LogP contribution in [0, 0.1) is 0 Å². The minimum absolute atomic E-state index is 0.0195. The Morgan fingerprint density at radius 1 is 1.16 bits per heavy atom. The third kappa shape index (κ3) is 4.90. The molecule has 6 heteroatoms. The fourth-order valence-corrected chi connectivity index (χ4v) is 3.12. The highest BCUT2D eigenvalue weighted by molar-refractivity contribution is 9.10. The number of halogens is 1. The van der Waals surface area contributed by atoms with Crippen molar-refractivity contribution < 1.29 is 9.53 Å². The predicted octanol–water partition coefficient (Wildman–Crippen LogP) is 4.76. The number of aromatic nitrogens is 1. The summed E-state index contributed by atoms with van der Waals surface area (Å²) in [6.45, 7) is 0.994. The maximum absolute atomic E-state index is 12.5. The van der Waals surface area contributed by atoms with E-state index in [1.807, 2.05) is 41.8 Å². The average Bonchev–Trinajstić information content (AvgIpc) is 3.15. The highest BCUT2D eigenvalue weighted by Gasteiger charge is 2.12. The SMILES string of the molecule is CN(Cc1ccc(Br)cc1)C(=O)c1ccc(OCc2cscn2)cc1. The van der Waals surface area contributed by atoms with Crippen LogP contribution in [0.25, 0.3) is 0 Å². The van der Waals surface area contributed by atoms with Crippen LogP contribution < -0.4 is 4.74 Å². The van der Waals surface area contributed by atoms with E-state index in [0.717, 1.165) is 21.5 Å². The number of hydrogen-bond acceptors (Lipinski definition) is 4. The molecule has 0 bridgehead atoms. The Morgan fingerprint density at radius 3 is 2.52 bits per heavy atom. The first-order chi connectivity index (χ1) is 12.1. The van der Waals surface area contributed by atoms with Crippen molar-refractivity contribution in [3.05, 3.63) is 80.7 Å². The summed E-state index contributed by atoms with van der Waals surface area (Å²) in [5, 5.41) is 1.95. The topological polar surface area (TPSA) is 42.4 Å². The van der Waals surface area contributed by atoms with Crippen LogP contribution in [-0.2, 0) is 13.2 Å². The second kappa shape index (κ2) is 8.27. The molecule has 0 N–H and O–H groups in total. The van der Waals surface area contributed by atoms with Gasteiger partial charge in [0.05, 0.1) is 11.2 Å². The van der Waals surface area contributed by atoms with Gasteiger partial charge in [-0.1, -0.05) is 28.1 Å². The molecule has 0 atom stereocenters. The van der Waals surface area contributed by atoms with Crippen molar-refractivity contribution in [3.63, 3.8) is 0 Å². The zero-order chi connectivity index (χ0) is 17.6. The Bertz CT molecular complexity index is 818. The van der Waals surface area contributed by atoms with Crippen molar-refractivity contribution in [2.24, 2.45) is 0 Å². The predicted molar refractivity (Wildman–Crippen MR) is 103 cm³/mol. The highest BCUT2D eigenvalue weighted by Crippen LogP contribution is 2.17. The molecule has 1 heterocycles. The van der Waals surface area contributed by atoms with E-state index in [0.29, 0.717) is 18.7 Å². The van der Waals surface area contributed by atoms with Gasteiger partial charge in [-0.3, -0.25) is 4.79 Å². The molecule has 0 spiro atoms. The van der Waals surface area contributed by atoms with Gasteiger partial charge in [-0.25, -0.2) is 4.98 Å². The van der Waals surface area contributed by atoms with Crippen LogP contribution >= 0.6 is 27.3 Å². The van der Waals surface area contributed by atoms with Gasteiger partial charge < -0.3 is 9.64 Å². The zero-order valence-corrected chi connectivity index (χ0v) is 16.1. The summed E-state index contributed by atoms with van der Waals surface area (Å²) in [5.41, 5.74) is 4.41. The number of rotatable bonds is 6. The third-order valence-corrected chi connectivity index (χ3v) is 4.82. The molecule has 3 aromatic rings. The van der Waals surface area contributed by atoms with Gasteiger partial charge in [-0.05, 0) is 42.0 Å². The van der Waals surface area contributed by atoms with Crippen molar-refractivity contribution in [2.45, 2.75) is 13.2 Å². The summed E-state index contributed by atoms with van der Waals surface area (Å²) >= 11 is 4.96. The second-order valence-corrected chi connectivity index (χ2v) is 7.21. The molecular weight excluding hydrogens is 400 g/mol. The molecule has 0 radical (unpaired) electrons. The van der Waals surface area contributed by atoms with Gasteiger partial charge in [0.1, 0.15) is 12.4 Å². The van der Waals surface area contributed by atoms with E-state index in [9.17, 15) is 4.79 Å². The second-order valence-electron chi connectivity index (χ2n) is 5.58. The van der Waals surface area contributed by atoms with Gasteiger partial charge in [0, 0.05) is 29.0 Å². The molecule has 4 nitrogen and oxygen atoms in total. The van der Waals surface area contributed by atoms with Crippen molar-refractivity contribution >= 4 is 33.2 Å². The molecule has 0 aliphatic carbocycles. The molecule has 128 valence electrons. The van der Waals surface area contributed by atoms with Gasteiger partial charge in [0.25, 0.3) is 5.91 Å². The van der Waals surface area contributed by atoms with Crippen LogP contribution in [0.15, 0.2) is 63.9 Å². The Balaban J connectivity index is 1.58. The van der Waals surface area contributed by atoms with Gasteiger partial charge >= 0.3 is 0 Å². The fourth-order valence-electron chi connectivity index (χ4n) is 2.32. The minimum Gasteiger partial charge on any atom is -0.487 e. The van der Waals surface area contributed by atoms with E-state index in [4.69, 9.17) is 4.74 Å². The summed E-state index contributed by atoms with van der Waals surface area (Å²) in [6.07, 6.45) is 0. The largest absolute Gasteiger partial charge is 0.487 e. The average molecular weight is 417 g/mol. The van der Waals surface area contributed by atoms with E-state index in [-0.39, 0.29) is 5.91 Å². The van der Waals surface area contributed by atoms with Gasteiger partial charge in [-0.2, -0.15) is 0 Å². The van der Waals surface area contributed by atoms with Crippen molar-refractivity contribution in [3.8, 4) is 5.75 Å². The van der Waals surface area contributed by atoms with Crippen LogP contribution in [-0.4, -0.2) is 22.8 Å². The normalized spacial score (nSPS) is 10.5. The maximum atomic E-state index is 12.5. The van der Waals surface area contributed by atoms with Crippen LogP contribution in [0.1, 0.15) is 21.6 Å². The van der Waals surface area contributed by atoms with Crippen LogP contribution in [0.3, 0.4) is 0 Å². The summed E-state index contributed by atoms with van der Waals surface area (Å²) < 4.78 is 6.69. The smallest absolute Gasteiger partial charge is 0.253 e. The van der Waals surface area contributed by atoms with E-state index in [1.54, 1.807) is 40.9 Å². The van der Waals surface area contributed by atoms with Gasteiger partial charge in [0.2, 0.25) is 0 Å². The number of nitrogens with zero attached hydrogens (tertiary/aromatic N) is 2. The number of benzene rings is 2. The molecule has 1 amide bonds. The van der Waals surface area contributed by atoms with E-state index in [2.05, 4.69) is 20.9 Å². The maximum Gasteiger partial charge on any atom is 0.253 e. The quantitative estimate of drug-likeness (QED) is 0.581. The zero-order valence-electron chi connectivity index (χ0n) is 13.7. The Morgan fingerprint density at radius 2 is 1.88 bits per heavy atom. The monoisotopic (exact) mass is 416 g/mol. The molecule has 1 aromatic heterocycles. The highest BCUT2D eigenvalue weighted by atomic mass is 79.9. The molecule has 3 rings (SSSR count). The molecule has 0 saturated carbocycles. The molecular formula is C19H17BrN2O2S. The van der Waals surface area contributed by atoms with Crippen LogP contribution in [0.5, 0.6) is 5.75 Å². The number of carbonyl (C=O) groups is 1. The molecule has 0 saturated heterocycles. The van der Waals surface area contributed by atoms with Crippen molar-refractivity contribution in [1.29, 1.82) is 0 Å². The molecule has 2 aromatic carbocycles. The molecule has 25 heavy (non-hydrogen) atoms. The van der Waals surface area contributed by atoms with Crippen LogP contribution in [0.4, 0.5) is 0 Å². The van der Waals surface area contributed by atoms with Crippen molar-refractivity contribution in [1.82, 2.24) is 9.88 Å². The minimum atomic E-state index is -0.0195. The van der Waals surface area contributed by atoms with E-state index < -0.39 is 0 Å². The Hall–Kier alpha value is -2.18. The number of thiazole rings is 1. The van der Waals surface area contributed by atoms with Gasteiger partial charge in [-0.15, -0.1) is 11.3 Å². The molecule has 0 fully saturated rings. The van der Waals surface area contributed by atoms with E-state index in [1.165, 1.54) is 0 Å². The van der Waals surface area contributed by atoms with Crippen molar-refractivity contribution in [2.75, 3.05) is 7.05 Å². The molecule has 0 aliphatic heterocycles. The summed E-state index contributed by atoms with van der Waals surface area (Å²) in [6, 6.07) is 15.2. The Kier molecular flexibility index (Phi) is 5.83. The standard InChI is InChI=1S/C19H17BrN2O2S/c1-22(10-14-2-6-16(20)7-3-14)19(23)15-4-8-18(9-5-15)24-11-17-12-25-13-21-17/h2-9,12-13H,10-11H2,1H3. The number of carbonyl (C=O) groups excluding carboxylic acids is 1.